The first-order valence-corrected chi connectivity index (χ1v) is 7.76. The van der Waals surface area contributed by atoms with Crippen LogP contribution in [0.25, 0.3) is 0 Å². The van der Waals surface area contributed by atoms with Crippen molar-refractivity contribution in [3.63, 3.8) is 0 Å². The summed E-state index contributed by atoms with van der Waals surface area (Å²) in [5, 5.41) is 16.6. The summed E-state index contributed by atoms with van der Waals surface area (Å²) in [6.07, 6.45) is 1.57. The summed E-state index contributed by atoms with van der Waals surface area (Å²) in [5.41, 5.74) is -0.994. The van der Waals surface area contributed by atoms with Crippen LogP contribution >= 0.6 is 0 Å². The number of carbonyl (C=O) groups is 2. The summed E-state index contributed by atoms with van der Waals surface area (Å²) in [5.74, 6) is -1.57. The molecule has 0 saturated heterocycles. The number of aromatic nitrogens is 1. The van der Waals surface area contributed by atoms with Crippen LogP contribution in [0, 0.1) is 5.41 Å². The van der Waals surface area contributed by atoms with Gasteiger partial charge in [-0.1, -0.05) is 6.92 Å². The van der Waals surface area contributed by atoms with E-state index in [1.807, 2.05) is 0 Å². The van der Waals surface area contributed by atoms with Gasteiger partial charge in [-0.25, -0.2) is 13.6 Å². The third kappa shape index (κ3) is 3.82. The zero-order valence-electron chi connectivity index (χ0n) is 12.1. The van der Waals surface area contributed by atoms with Crippen molar-refractivity contribution < 1.29 is 23.1 Å². The van der Waals surface area contributed by atoms with E-state index in [-0.39, 0.29) is 17.1 Å². The molecule has 0 aliphatic carbocycles. The Kier molecular flexibility index (Phi) is 4.79. The number of amides is 1. The minimum Gasteiger partial charge on any atom is -0.481 e. The highest BCUT2D eigenvalue weighted by molar-refractivity contribution is 7.89. The van der Waals surface area contributed by atoms with Crippen LogP contribution in [-0.2, 0) is 21.9 Å². The molecule has 1 rings (SSSR count). The molecule has 118 valence electrons. The zero-order chi connectivity index (χ0) is 16.4. The van der Waals surface area contributed by atoms with Crippen LogP contribution in [0.2, 0.25) is 0 Å². The second-order valence-corrected chi connectivity index (χ2v) is 6.68. The molecule has 0 fully saturated rings. The van der Waals surface area contributed by atoms with Crippen LogP contribution in [0.15, 0.2) is 17.2 Å². The highest BCUT2D eigenvalue weighted by Gasteiger charge is 2.32. The molecule has 1 atom stereocenters. The number of hydrogen-bond donors (Lipinski definition) is 3. The monoisotopic (exact) mass is 317 g/mol. The topological polar surface area (TPSA) is 131 Å². The normalized spacial score (nSPS) is 14.5. The predicted octanol–water partition coefficient (Wildman–Crippen LogP) is -0.0968. The predicted molar refractivity (Wildman–Crippen MR) is 75.2 cm³/mol. The second kappa shape index (κ2) is 5.86. The van der Waals surface area contributed by atoms with Crippen molar-refractivity contribution >= 4 is 21.9 Å². The molecule has 4 N–H and O–H groups in total. The van der Waals surface area contributed by atoms with Crippen molar-refractivity contribution in [1.82, 2.24) is 9.88 Å². The molecular weight excluding hydrogens is 298 g/mol. The van der Waals surface area contributed by atoms with Gasteiger partial charge < -0.3 is 15.0 Å². The molecule has 1 aromatic rings. The van der Waals surface area contributed by atoms with Crippen molar-refractivity contribution in [2.24, 2.45) is 17.6 Å². The summed E-state index contributed by atoms with van der Waals surface area (Å²) in [7, 11) is -2.39. The van der Waals surface area contributed by atoms with Crippen molar-refractivity contribution in [2.45, 2.75) is 25.2 Å². The van der Waals surface area contributed by atoms with Crippen molar-refractivity contribution in [3.05, 3.63) is 18.0 Å². The summed E-state index contributed by atoms with van der Waals surface area (Å²) in [4.78, 5) is 23.0. The molecule has 1 unspecified atom stereocenters. The highest BCUT2D eigenvalue weighted by atomic mass is 32.2. The Bertz CT molecular complexity index is 664. The molecule has 1 amide bonds. The zero-order valence-corrected chi connectivity index (χ0v) is 12.9. The molecule has 0 bridgehead atoms. The van der Waals surface area contributed by atoms with Crippen LogP contribution in [0.1, 0.15) is 30.8 Å². The minimum absolute atomic E-state index is 0.0619. The molecule has 0 aromatic carbocycles. The van der Waals surface area contributed by atoms with Gasteiger partial charge in [-0.3, -0.25) is 9.59 Å². The Morgan fingerprint density at radius 3 is 2.43 bits per heavy atom. The summed E-state index contributed by atoms with van der Waals surface area (Å²) < 4.78 is 23.8. The summed E-state index contributed by atoms with van der Waals surface area (Å²) >= 11 is 0. The van der Waals surface area contributed by atoms with Gasteiger partial charge in [0.1, 0.15) is 10.6 Å². The smallest absolute Gasteiger partial charge is 0.311 e. The Morgan fingerprint density at radius 1 is 1.48 bits per heavy atom. The number of nitrogens with zero attached hydrogens (tertiary/aromatic N) is 1. The van der Waals surface area contributed by atoms with Gasteiger partial charge in [0.2, 0.25) is 10.0 Å². The number of sulfonamides is 1. The second-order valence-electron chi connectivity index (χ2n) is 5.12. The number of carboxylic acid groups (broad SMARTS) is 1. The summed E-state index contributed by atoms with van der Waals surface area (Å²) in [6.45, 7) is 3.17. The van der Waals surface area contributed by atoms with E-state index in [1.165, 1.54) is 24.7 Å². The average Bonchev–Trinajstić information content (AvgIpc) is 2.77. The third-order valence-corrected chi connectivity index (χ3v) is 4.36. The fraction of sp³-hybridized carbons (Fsp3) is 0.500. The Hall–Kier alpha value is -1.87. The van der Waals surface area contributed by atoms with E-state index in [1.54, 1.807) is 6.92 Å². The fourth-order valence-corrected chi connectivity index (χ4v) is 2.21. The number of hydrogen-bond acceptors (Lipinski definition) is 4. The van der Waals surface area contributed by atoms with Gasteiger partial charge in [0.05, 0.1) is 5.41 Å². The largest absolute Gasteiger partial charge is 0.481 e. The molecule has 8 nitrogen and oxygen atoms in total. The van der Waals surface area contributed by atoms with E-state index in [4.69, 9.17) is 10.2 Å². The lowest BCUT2D eigenvalue weighted by Gasteiger charge is -2.23. The molecule has 0 radical (unpaired) electrons. The van der Waals surface area contributed by atoms with Crippen LogP contribution in [0.5, 0.6) is 0 Å². The maximum Gasteiger partial charge on any atom is 0.311 e. The summed E-state index contributed by atoms with van der Waals surface area (Å²) in [6, 6.07) is 1.15. The van der Waals surface area contributed by atoms with Crippen LogP contribution in [0.4, 0.5) is 0 Å². The molecule has 0 aliphatic heterocycles. The first-order chi connectivity index (χ1) is 9.51. The molecule has 0 aliphatic rings. The fourth-order valence-electron chi connectivity index (χ4n) is 1.63. The lowest BCUT2D eigenvalue weighted by Crippen LogP contribution is -2.41. The molecular formula is C12H19N3O5S. The molecule has 0 saturated carbocycles. The number of aliphatic carboxylic acids is 1. The minimum atomic E-state index is -3.89. The highest BCUT2D eigenvalue weighted by Crippen LogP contribution is 2.20. The lowest BCUT2D eigenvalue weighted by molar-refractivity contribution is -0.147. The van der Waals surface area contributed by atoms with Crippen LogP contribution in [0.3, 0.4) is 0 Å². The molecule has 1 aromatic heterocycles. The van der Waals surface area contributed by atoms with E-state index in [0.717, 1.165) is 6.07 Å². The Labute approximate surface area is 123 Å². The van der Waals surface area contributed by atoms with Crippen molar-refractivity contribution in [3.8, 4) is 0 Å². The van der Waals surface area contributed by atoms with Crippen molar-refractivity contribution in [1.29, 1.82) is 0 Å². The SMILES string of the molecule is CCC(C)(CNC(=O)c1cc(S(N)(=O)=O)cn1C)C(=O)O. The van der Waals surface area contributed by atoms with Gasteiger partial charge in [0.25, 0.3) is 5.91 Å². The third-order valence-electron chi connectivity index (χ3n) is 3.48. The van der Waals surface area contributed by atoms with E-state index >= 15 is 0 Å². The van der Waals surface area contributed by atoms with Gasteiger partial charge in [-0.15, -0.1) is 0 Å². The average molecular weight is 317 g/mol. The maximum absolute atomic E-state index is 12.0. The quantitative estimate of drug-likeness (QED) is 0.674. The number of aryl methyl sites for hydroxylation is 1. The molecule has 1 heterocycles. The standard InChI is InChI=1S/C12H19N3O5S/c1-4-12(2,11(17)18)7-14-10(16)9-5-8(6-15(9)3)21(13,19)20/h5-6H,4,7H2,1-3H3,(H,14,16)(H,17,18)(H2,13,19,20). The van der Waals surface area contributed by atoms with E-state index < -0.39 is 27.3 Å². The number of carbonyl (C=O) groups excluding carboxylic acids is 1. The van der Waals surface area contributed by atoms with Gasteiger partial charge in [0, 0.05) is 19.8 Å². The van der Waals surface area contributed by atoms with Crippen LogP contribution in [-0.4, -0.2) is 36.5 Å². The number of nitrogens with two attached hydrogens (primary N) is 1. The van der Waals surface area contributed by atoms with Gasteiger partial charge in [-0.2, -0.15) is 0 Å². The first kappa shape index (κ1) is 17.2. The van der Waals surface area contributed by atoms with E-state index in [9.17, 15) is 18.0 Å². The number of rotatable bonds is 6. The Balaban J connectivity index is 2.91. The Morgan fingerprint density at radius 2 is 2.05 bits per heavy atom. The molecule has 0 spiro atoms. The lowest BCUT2D eigenvalue weighted by atomic mass is 9.88. The first-order valence-electron chi connectivity index (χ1n) is 6.22. The molecule has 9 heteroatoms. The number of carboxylic acids is 1. The van der Waals surface area contributed by atoms with Gasteiger partial charge in [-0.05, 0) is 19.4 Å². The molecule has 21 heavy (non-hydrogen) atoms. The number of primary sulfonamides is 1. The van der Waals surface area contributed by atoms with Crippen molar-refractivity contribution in [2.75, 3.05) is 6.54 Å². The van der Waals surface area contributed by atoms with Gasteiger partial charge >= 0.3 is 5.97 Å². The van der Waals surface area contributed by atoms with E-state index in [0.29, 0.717) is 6.42 Å². The number of nitrogens with one attached hydrogen (secondary N) is 1. The van der Waals surface area contributed by atoms with Gasteiger partial charge in [0.15, 0.2) is 0 Å². The maximum atomic E-state index is 12.0. The van der Waals surface area contributed by atoms with E-state index in [2.05, 4.69) is 5.32 Å². The van der Waals surface area contributed by atoms with Crippen LogP contribution < -0.4 is 10.5 Å².